The first kappa shape index (κ1) is 17.1. The molecule has 0 saturated heterocycles. The van der Waals surface area contributed by atoms with E-state index in [2.05, 4.69) is 26.5 Å². The third kappa shape index (κ3) is 3.14. The quantitative estimate of drug-likeness (QED) is 0.529. The number of aliphatic hydroxyl groups excluding tert-OH is 1. The number of aryl methyl sites for hydroxylation is 2. The summed E-state index contributed by atoms with van der Waals surface area (Å²) in [6, 6.07) is 13.1. The molecule has 3 aromatic heterocycles. The van der Waals surface area contributed by atoms with E-state index in [1.54, 1.807) is 16.8 Å². The van der Waals surface area contributed by atoms with Crippen molar-refractivity contribution in [3.8, 4) is 17.3 Å². The number of imidazole rings is 1. The van der Waals surface area contributed by atoms with Crippen molar-refractivity contribution < 1.29 is 5.11 Å². The minimum atomic E-state index is -0.966. The van der Waals surface area contributed by atoms with Crippen LogP contribution >= 0.6 is 11.3 Å². The molecule has 0 aliphatic rings. The van der Waals surface area contributed by atoms with Gasteiger partial charge in [-0.05, 0) is 32.0 Å². The van der Waals surface area contributed by atoms with Crippen LogP contribution in [-0.2, 0) is 0 Å². The number of aliphatic hydroxyl groups is 1. The van der Waals surface area contributed by atoms with Gasteiger partial charge in [0.15, 0.2) is 17.7 Å². The van der Waals surface area contributed by atoms with Crippen molar-refractivity contribution in [2.24, 2.45) is 0 Å². The van der Waals surface area contributed by atoms with Gasteiger partial charge in [-0.3, -0.25) is 0 Å². The normalized spacial score (nSPS) is 12.1. The maximum absolute atomic E-state index is 10.5. The molecule has 0 bridgehead atoms. The van der Waals surface area contributed by atoms with Gasteiger partial charge in [-0.2, -0.15) is 14.9 Å². The zero-order valence-corrected chi connectivity index (χ0v) is 15.5. The van der Waals surface area contributed by atoms with Crippen LogP contribution in [0.1, 0.15) is 27.4 Å². The molecule has 0 spiro atoms. The average molecular weight is 376 g/mol. The van der Waals surface area contributed by atoms with E-state index in [-0.39, 0.29) is 0 Å². The number of nitriles is 1. The van der Waals surface area contributed by atoms with Crippen LogP contribution in [0.2, 0.25) is 0 Å². The van der Waals surface area contributed by atoms with Gasteiger partial charge in [0.05, 0.1) is 28.5 Å². The average Bonchev–Trinajstić information content (AvgIpc) is 3.23. The largest absolute Gasteiger partial charge is 0.368 e. The van der Waals surface area contributed by atoms with E-state index in [4.69, 9.17) is 0 Å². The molecular formula is C19H16N6OS. The fraction of sp³-hybridized carbons (Fsp3) is 0.158. The Labute approximate surface area is 159 Å². The lowest BCUT2D eigenvalue weighted by Gasteiger charge is -2.12. The second-order valence-corrected chi connectivity index (χ2v) is 7.42. The molecule has 0 saturated carbocycles. The molecule has 0 radical (unpaired) electrons. The minimum absolute atomic E-state index is 0.541. The third-order valence-corrected chi connectivity index (χ3v) is 5.07. The molecule has 0 aliphatic heterocycles. The fourth-order valence-electron chi connectivity index (χ4n) is 2.93. The Morgan fingerprint density at radius 3 is 2.78 bits per heavy atom. The van der Waals surface area contributed by atoms with Crippen molar-refractivity contribution in [3.05, 3.63) is 63.7 Å². The predicted octanol–water partition coefficient (Wildman–Crippen LogP) is 3.44. The number of aromatic nitrogens is 4. The Balaban J connectivity index is 1.73. The molecule has 0 aliphatic carbocycles. The van der Waals surface area contributed by atoms with Gasteiger partial charge in [0.1, 0.15) is 5.69 Å². The summed E-state index contributed by atoms with van der Waals surface area (Å²) in [6.45, 7) is 3.83. The lowest BCUT2D eigenvalue weighted by molar-refractivity contribution is 0.202. The number of fused-ring (bicyclic) bond motifs is 1. The first-order valence-corrected chi connectivity index (χ1v) is 9.11. The molecule has 2 N–H and O–H groups in total. The van der Waals surface area contributed by atoms with E-state index in [0.29, 0.717) is 28.4 Å². The Morgan fingerprint density at radius 1 is 1.22 bits per heavy atom. The molecule has 7 nitrogen and oxygen atoms in total. The molecule has 4 rings (SSSR count). The number of benzene rings is 1. The zero-order valence-electron chi connectivity index (χ0n) is 14.7. The second kappa shape index (κ2) is 6.79. The smallest absolute Gasteiger partial charge is 0.170 e. The number of thiazole rings is 1. The molecule has 0 fully saturated rings. The van der Waals surface area contributed by atoms with Crippen LogP contribution in [0.25, 0.3) is 16.9 Å². The number of nitrogens with one attached hydrogen (secondary N) is 1. The molecule has 4 aromatic rings. The van der Waals surface area contributed by atoms with Gasteiger partial charge in [0, 0.05) is 10.4 Å². The van der Waals surface area contributed by atoms with Crippen LogP contribution in [0.5, 0.6) is 0 Å². The lowest BCUT2D eigenvalue weighted by atomic mass is 10.1. The van der Waals surface area contributed by atoms with E-state index in [1.165, 1.54) is 11.3 Å². The van der Waals surface area contributed by atoms with E-state index in [9.17, 15) is 10.4 Å². The first-order valence-electron chi connectivity index (χ1n) is 8.29. The fourth-order valence-corrected chi connectivity index (χ4v) is 3.78. The predicted molar refractivity (Wildman–Crippen MR) is 103 cm³/mol. The standard InChI is InChI=1S/C19H16N6OS/c1-11-18(22-12(2)27-11)19(26)23-17-10-21-16-8-7-15(24-25(16)17)14-6-4-3-5-13(14)9-20/h3-8,10,19,23,26H,1-2H3. The lowest BCUT2D eigenvalue weighted by Crippen LogP contribution is -2.13. The number of rotatable bonds is 4. The van der Waals surface area contributed by atoms with Crippen LogP contribution in [0.4, 0.5) is 5.82 Å². The summed E-state index contributed by atoms with van der Waals surface area (Å²) in [4.78, 5) is 9.65. The van der Waals surface area contributed by atoms with Crippen LogP contribution < -0.4 is 5.32 Å². The number of anilines is 1. The summed E-state index contributed by atoms with van der Waals surface area (Å²) in [6.07, 6.45) is 0.645. The van der Waals surface area contributed by atoms with E-state index in [0.717, 1.165) is 15.4 Å². The van der Waals surface area contributed by atoms with Crippen LogP contribution in [0.15, 0.2) is 42.6 Å². The van der Waals surface area contributed by atoms with Crippen LogP contribution in [0, 0.1) is 25.2 Å². The molecule has 0 amide bonds. The highest BCUT2D eigenvalue weighted by molar-refractivity contribution is 7.11. The number of hydrogen-bond donors (Lipinski definition) is 2. The Hall–Kier alpha value is -3.28. The van der Waals surface area contributed by atoms with Gasteiger partial charge in [-0.25, -0.2) is 9.97 Å². The number of hydrogen-bond acceptors (Lipinski definition) is 7. The Kier molecular flexibility index (Phi) is 4.32. The van der Waals surface area contributed by atoms with Gasteiger partial charge in [0.25, 0.3) is 0 Å². The molecule has 3 heterocycles. The highest BCUT2D eigenvalue weighted by Gasteiger charge is 2.17. The third-order valence-electron chi connectivity index (χ3n) is 4.17. The van der Waals surface area contributed by atoms with E-state index >= 15 is 0 Å². The molecule has 134 valence electrons. The van der Waals surface area contributed by atoms with Crippen molar-refractivity contribution in [3.63, 3.8) is 0 Å². The zero-order chi connectivity index (χ0) is 19.0. The summed E-state index contributed by atoms with van der Waals surface area (Å²) >= 11 is 1.54. The summed E-state index contributed by atoms with van der Waals surface area (Å²) in [5, 5.41) is 28.4. The summed E-state index contributed by atoms with van der Waals surface area (Å²) in [5.74, 6) is 0.541. The van der Waals surface area contributed by atoms with Crippen LogP contribution in [-0.4, -0.2) is 24.7 Å². The van der Waals surface area contributed by atoms with Crippen molar-refractivity contribution in [1.82, 2.24) is 19.6 Å². The monoisotopic (exact) mass is 376 g/mol. The topological polar surface area (TPSA) is 99.1 Å². The Bertz CT molecular complexity index is 1170. The molecule has 1 unspecified atom stereocenters. The summed E-state index contributed by atoms with van der Waals surface area (Å²) in [7, 11) is 0. The molecule has 8 heteroatoms. The number of nitrogens with zero attached hydrogens (tertiary/aromatic N) is 5. The summed E-state index contributed by atoms with van der Waals surface area (Å²) < 4.78 is 1.61. The van der Waals surface area contributed by atoms with Crippen molar-refractivity contribution in [2.45, 2.75) is 20.1 Å². The van der Waals surface area contributed by atoms with Crippen molar-refractivity contribution in [2.75, 3.05) is 5.32 Å². The minimum Gasteiger partial charge on any atom is -0.368 e. The van der Waals surface area contributed by atoms with Gasteiger partial charge >= 0.3 is 0 Å². The summed E-state index contributed by atoms with van der Waals surface area (Å²) in [5.41, 5.74) is 3.17. The van der Waals surface area contributed by atoms with E-state index < -0.39 is 6.23 Å². The van der Waals surface area contributed by atoms with E-state index in [1.807, 2.05) is 44.2 Å². The van der Waals surface area contributed by atoms with Crippen molar-refractivity contribution in [1.29, 1.82) is 5.26 Å². The molecule has 27 heavy (non-hydrogen) atoms. The second-order valence-electron chi connectivity index (χ2n) is 6.01. The maximum atomic E-state index is 10.5. The van der Waals surface area contributed by atoms with Gasteiger partial charge in [-0.1, -0.05) is 18.2 Å². The maximum Gasteiger partial charge on any atom is 0.170 e. The van der Waals surface area contributed by atoms with Gasteiger partial charge in [-0.15, -0.1) is 11.3 Å². The Morgan fingerprint density at radius 2 is 2.04 bits per heavy atom. The SMILES string of the molecule is Cc1nc(C(O)Nc2cnc3ccc(-c4ccccc4C#N)nn23)c(C)s1. The van der Waals surface area contributed by atoms with Gasteiger partial charge < -0.3 is 10.4 Å². The van der Waals surface area contributed by atoms with Gasteiger partial charge in [0.2, 0.25) is 0 Å². The molecule has 1 atom stereocenters. The molecule has 1 aromatic carbocycles. The first-order chi connectivity index (χ1) is 13.1. The molecular weight excluding hydrogens is 360 g/mol. The highest BCUT2D eigenvalue weighted by atomic mass is 32.1. The highest BCUT2D eigenvalue weighted by Crippen LogP contribution is 2.26. The van der Waals surface area contributed by atoms with Crippen molar-refractivity contribution >= 4 is 22.8 Å². The van der Waals surface area contributed by atoms with Crippen LogP contribution in [0.3, 0.4) is 0 Å².